The maximum Gasteiger partial charge on any atom is 0.133 e. The Bertz CT molecular complexity index is 590. The number of hydrogen-bond donors (Lipinski definition) is 1. The van der Waals surface area contributed by atoms with Crippen LogP contribution in [0.1, 0.15) is 5.56 Å². The number of ether oxygens (including phenoxy) is 1. The molecule has 2 aromatic carbocycles. The fourth-order valence-corrected chi connectivity index (χ4v) is 2.62. The predicted octanol–water partition coefficient (Wildman–Crippen LogP) is 4.97. The van der Waals surface area contributed by atoms with Gasteiger partial charge in [0.15, 0.2) is 0 Å². The molecular weight excluding hydrogens is 377 g/mol. The average molecular weight is 389 g/mol. The first kappa shape index (κ1) is 14.3. The molecule has 0 aliphatic carbocycles. The van der Waals surface area contributed by atoms with E-state index < -0.39 is 0 Å². The first-order chi connectivity index (χ1) is 9.10. The molecule has 2 nitrogen and oxygen atoms in total. The normalized spacial score (nSPS) is 10.3. The van der Waals surface area contributed by atoms with Gasteiger partial charge >= 0.3 is 0 Å². The minimum Gasteiger partial charge on any atom is -0.496 e. The first-order valence-corrected chi connectivity index (χ1v) is 7.20. The molecule has 0 aromatic heterocycles. The Morgan fingerprint density at radius 2 is 1.89 bits per heavy atom. The second kappa shape index (κ2) is 6.39. The third kappa shape index (κ3) is 3.70. The summed E-state index contributed by atoms with van der Waals surface area (Å²) in [6, 6.07) is 10.4. The van der Waals surface area contributed by atoms with Crippen molar-refractivity contribution in [2.75, 3.05) is 12.4 Å². The fraction of sp³-hybridized carbons (Fsp3) is 0.143. The van der Waals surface area contributed by atoms with Crippen LogP contribution in [0.2, 0.25) is 0 Å². The lowest BCUT2D eigenvalue weighted by Crippen LogP contribution is -2.00. The molecule has 0 bridgehead atoms. The van der Waals surface area contributed by atoms with Gasteiger partial charge in [-0.1, -0.05) is 6.07 Å². The van der Waals surface area contributed by atoms with E-state index in [0.717, 1.165) is 25.9 Å². The Kier molecular flexibility index (Phi) is 4.82. The second-order valence-electron chi connectivity index (χ2n) is 3.95. The summed E-state index contributed by atoms with van der Waals surface area (Å²) in [6.07, 6.45) is 0. The summed E-state index contributed by atoms with van der Waals surface area (Å²) in [5.74, 6) is 0.525. The molecule has 0 heterocycles. The third-order valence-electron chi connectivity index (χ3n) is 2.63. The molecule has 2 aromatic rings. The van der Waals surface area contributed by atoms with Gasteiger partial charge in [0.05, 0.1) is 17.3 Å². The number of methoxy groups -OCH3 is 1. The van der Waals surface area contributed by atoms with E-state index in [-0.39, 0.29) is 5.82 Å². The summed E-state index contributed by atoms with van der Waals surface area (Å²) in [4.78, 5) is 0. The Morgan fingerprint density at radius 1 is 1.11 bits per heavy atom. The molecule has 2 rings (SSSR count). The van der Waals surface area contributed by atoms with Crippen LogP contribution in [0.25, 0.3) is 0 Å². The quantitative estimate of drug-likeness (QED) is 0.798. The summed E-state index contributed by atoms with van der Waals surface area (Å²) in [6.45, 7) is 0.602. The van der Waals surface area contributed by atoms with Crippen molar-refractivity contribution in [3.05, 3.63) is 56.7 Å². The molecule has 0 atom stereocenters. The van der Waals surface area contributed by atoms with Crippen molar-refractivity contribution in [2.24, 2.45) is 0 Å². The van der Waals surface area contributed by atoms with Crippen LogP contribution >= 0.6 is 31.9 Å². The largest absolute Gasteiger partial charge is 0.496 e. The van der Waals surface area contributed by atoms with Crippen LogP contribution in [-0.4, -0.2) is 7.11 Å². The molecule has 0 radical (unpaired) electrons. The van der Waals surface area contributed by atoms with E-state index >= 15 is 0 Å². The molecule has 0 saturated carbocycles. The van der Waals surface area contributed by atoms with Crippen molar-refractivity contribution in [3.8, 4) is 5.75 Å². The van der Waals surface area contributed by atoms with Gasteiger partial charge in [0.2, 0.25) is 0 Å². The van der Waals surface area contributed by atoms with Crippen molar-refractivity contribution >= 4 is 37.5 Å². The van der Waals surface area contributed by atoms with Gasteiger partial charge in [-0.2, -0.15) is 0 Å². The number of rotatable bonds is 4. The van der Waals surface area contributed by atoms with E-state index in [1.54, 1.807) is 13.2 Å². The van der Waals surface area contributed by atoms with E-state index in [1.807, 2.05) is 18.2 Å². The Balaban J connectivity index is 2.10. The lowest BCUT2D eigenvalue weighted by molar-refractivity contribution is 0.412. The van der Waals surface area contributed by atoms with Crippen molar-refractivity contribution in [3.63, 3.8) is 0 Å². The number of halogens is 3. The van der Waals surface area contributed by atoms with Gasteiger partial charge in [0.1, 0.15) is 11.6 Å². The van der Waals surface area contributed by atoms with Crippen molar-refractivity contribution in [1.82, 2.24) is 0 Å². The zero-order chi connectivity index (χ0) is 13.8. The maximum atomic E-state index is 13.2. The molecule has 5 heteroatoms. The van der Waals surface area contributed by atoms with Crippen LogP contribution in [0.15, 0.2) is 45.3 Å². The standard InChI is InChI=1S/C14H12Br2FNO/c1-19-14-5-2-9(6-12(14)16)8-18-13-7-10(17)3-4-11(13)15/h2-7,18H,8H2,1H3. The van der Waals surface area contributed by atoms with E-state index in [4.69, 9.17) is 4.74 Å². The Morgan fingerprint density at radius 3 is 2.58 bits per heavy atom. The maximum absolute atomic E-state index is 13.2. The van der Waals surface area contributed by atoms with Gasteiger partial charge in [0.25, 0.3) is 0 Å². The van der Waals surface area contributed by atoms with Gasteiger partial charge in [-0.25, -0.2) is 4.39 Å². The highest BCUT2D eigenvalue weighted by Crippen LogP contribution is 2.27. The Labute approximate surface area is 128 Å². The van der Waals surface area contributed by atoms with Crippen LogP contribution in [-0.2, 0) is 6.54 Å². The number of benzene rings is 2. The van der Waals surface area contributed by atoms with Crippen LogP contribution in [0, 0.1) is 5.82 Å². The lowest BCUT2D eigenvalue weighted by Gasteiger charge is -2.10. The predicted molar refractivity (Wildman–Crippen MR) is 82.1 cm³/mol. The van der Waals surface area contributed by atoms with Crippen molar-refractivity contribution < 1.29 is 9.13 Å². The fourth-order valence-electron chi connectivity index (χ4n) is 1.65. The Hall–Kier alpha value is -1.07. The van der Waals surface area contributed by atoms with Gasteiger partial charge in [-0.05, 0) is 67.8 Å². The first-order valence-electron chi connectivity index (χ1n) is 5.61. The monoisotopic (exact) mass is 387 g/mol. The zero-order valence-electron chi connectivity index (χ0n) is 10.2. The van der Waals surface area contributed by atoms with Crippen molar-refractivity contribution in [1.29, 1.82) is 0 Å². The minimum atomic E-state index is -0.262. The van der Waals surface area contributed by atoms with E-state index in [9.17, 15) is 4.39 Å². The molecule has 0 fully saturated rings. The number of anilines is 1. The molecule has 100 valence electrons. The highest BCUT2D eigenvalue weighted by atomic mass is 79.9. The molecule has 0 aliphatic rings. The van der Waals surface area contributed by atoms with Crippen LogP contribution in [0.4, 0.5) is 10.1 Å². The second-order valence-corrected chi connectivity index (χ2v) is 5.66. The minimum absolute atomic E-state index is 0.262. The summed E-state index contributed by atoms with van der Waals surface area (Å²) in [5, 5.41) is 3.19. The molecule has 0 aliphatic heterocycles. The van der Waals surface area contributed by atoms with E-state index in [0.29, 0.717) is 6.54 Å². The van der Waals surface area contributed by atoms with Crippen LogP contribution in [0.3, 0.4) is 0 Å². The topological polar surface area (TPSA) is 21.3 Å². The SMILES string of the molecule is COc1ccc(CNc2cc(F)ccc2Br)cc1Br. The molecule has 0 unspecified atom stereocenters. The smallest absolute Gasteiger partial charge is 0.133 e. The van der Waals surface area contributed by atoms with Crippen LogP contribution < -0.4 is 10.1 Å². The molecule has 0 amide bonds. The highest BCUT2D eigenvalue weighted by Gasteiger charge is 2.04. The summed E-state index contributed by atoms with van der Waals surface area (Å²) >= 11 is 6.82. The van der Waals surface area contributed by atoms with Gasteiger partial charge in [-0.3, -0.25) is 0 Å². The third-order valence-corrected chi connectivity index (χ3v) is 3.94. The molecule has 0 saturated heterocycles. The average Bonchev–Trinajstić information content (AvgIpc) is 2.40. The molecule has 0 spiro atoms. The zero-order valence-corrected chi connectivity index (χ0v) is 13.4. The molecule has 1 N–H and O–H groups in total. The van der Waals surface area contributed by atoms with Gasteiger partial charge in [0, 0.05) is 11.0 Å². The summed E-state index contributed by atoms with van der Waals surface area (Å²) in [5.41, 5.74) is 1.80. The molecular formula is C14H12Br2FNO. The van der Waals surface area contributed by atoms with Gasteiger partial charge in [-0.15, -0.1) is 0 Å². The van der Waals surface area contributed by atoms with Gasteiger partial charge < -0.3 is 10.1 Å². The van der Waals surface area contributed by atoms with Crippen molar-refractivity contribution in [2.45, 2.75) is 6.54 Å². The highest BCUT2D eigenvalue weighted by molar-refractivity contribution is 9.11. The molecule has 19 heavy (non-hydrogen) atoms. The van der Waals surface area contributed by atoms with E-state index in [1.165, 1.54) is 12.1 Å². The summed E-state index contributed by atoms with van der Waals surface area (Å²) in [7, 11) is 1.63. The summed E-state index contributed by atoms with van der Waals surface area (Å²) < 4.78 is 20.1. The van der Waals surface area contributed by atoms with Crippen LogP contribution in [0.5, 0.6) is 5.75 Å². The number of hydrogen-bond acceptors (Lipinski definition) is 2. The lowest BCUT2D eigenvalue weighted by atomic mass is 10.2. The number of nitrogens with one attached hydrogen (secondary N) is 1. The van der Waals surface area contributed by atoms with E-state index in [2.05, 4.69) is 37.2 Å².